The molecule has 70 valence electrons. The van der Waals surface area contributed by atoms with Gasteiger partial charge in [-0.3, -0.25) is 4.79 Å². The van der Waals surface area contributed by atoms with Crippen LogP contribution in [-0.2, 0) is 4.79 Å². The molecular formula is C9H11FN2O. The van der Waals surface area contributed by atoms with Crippen molar-refractivity contribution < 1.29 is 9.18 Å². The van der Waals surface area contributed by atoms with Gasteiger partial charge >= 0.3 is 0 Å². The Bertz CT molecular complexity index is 325. The molecule has 0 fully saturated rings. The van der Waals surface area contributed by atoms with Gasteiger partial charge in [0.25, 0.3) is 0 Å². The maximum atomic E-state index is 12.8. The SMILES string of the molecule is CNc1ccc(F)cc1NC(C)=O. The van der Waals surface area contributed by atoms with Gasteiger partial charge in [0.05, 0.1) is 11.4 Å². The largest absolute Gasteiger partial charge is 0.386 e. The number of halogens is 1. The van der Waals surface area contributed by atoms with Crippen LogP contribution in [0.2, 0.25) is 0 Å². The monoisotopic (exact) mass is 182 g/mol. The first kappa shape index (κ1) is 9.51. The second kappa shape index (κ2) is 3.89. The highest BCUT2D eigenvalue weighted by molar-refractivity contribution is 5.92. The fraction of sp³-hybridized carbons (Fsp3) is 0.222. The van der Waals surface area contributed by atoms with Crippen molar-refractivity contribution in [3.8, 4) is 0 Å². The number of hydrogen-bond acceptors (Lipinski definition) is 2. The summed E-state index contributed by atoms with van der Waals surface area (Å²) in [7, 11) is 1.71. The molecule has 0 atom stereocenters. The third-order valence-electron chi connectivity index (χ3n) is 1.56. The minimum absolute atomic E-state index is 0.220. The summed E-state index contributed by atoms with van der Waals surface area (Å²) in [5.41, 5.74) is 1.15. The van der Waals surface area contributed by atoms with E-state index in [1.807, 2.05) is 0 Å². The van der Waals surface area contributed by atoms with Crippen LogP contribution in [0.5, 0.6) is 0 Å². The van der Waals surface area contributed by atoms with Gasteiger partial charge in [-0.1, -0.05) is 0 Å². The number of nitrogens with one attached hydrogen (secondary N) is 2. The summed E-state index contributed by atoms with van der Waals surface area (Å²) in [6.07, 6.45) is 0. The standard InChI is InChI=1S/C9H11FN2O/c1-6(13)12-9-5-7(10)3-4-8(9)11-2/h3-5,11H,1-2H3,(H,12,13). The number of carbonyl (C=O) groups excluding carboxylic acids is 1. The molecule has 0 spiro atoms. The van der Waals surface area contributed by atoms with Gasteiger partial charge in [0.1, 0.15) is 5.82 Å². The second-order valence-electron chi connectivity index (χ2n) is 2.62. The van der Waals surface area contributed by atoms with E-state index < -0.39 is 0 Å². The van der Waals surface area contributed by atoms with Crippen LogP contribution < -0.4 is 10.6 Å². The Hall–Kier alpha value is -1.58. The van der Waals surface area contributed by atoms with Crippen molar-refractivity contribution in [1.82, 2.24) is 0 Å². The van der Waals surface area contributed by atoms with E-state index in [2.05, 4.69) is 10.6 Å². The smallest absolute Gasteiger partial charge is 0.221 e. The molecule has 0 radical (unpaired) electrons. The number of benzene rings is 1. The number of carbonyl (C=O) groups is 1. The second-order valence-corrected chi connectivity index (χ2v) is 2.62. The summed E-state index contributed by atoms with van der Waals surface area (Å²) in [5, 5.41) is 5.37. The van der Waals surface area contributed by atoms with Crippen molar-refractivity contribution in [3.63, 3.8) is 0 Å². The van der Waals surface area contributed by atoms with Gasteiger partial charge in [-0.15, -0.1) is 0 Å². The normalized spacial score (nSPS) is 9.46. The third-order valence-corrected chi connectivity index (χ3v) is 1.56. The predicted molar refractivity (Wildman–Crippen MR) is 50.3 cm³/mol. The molecule has 0 aliphatic rings. The van der Waals surface area contributed by atoms with E-state index in [1.165, 1.54) is 19.1 Å². The molecule has 1 rings (SSSR count). The molecule has 1 aromatic rings. The molecule has 0 saturated carbocycles. The van der Waals surface area contributed by atoms with Gasteiger partial charge in [0, 0.05) is 14.0 Å². The molecule has 1 amide bonds. The molecule has 0 aromatic heterocycles. The average Bonchev–Trinajstić information content (AvgIpc) is 2.03. The van der Waals surface area contributed by atoms with Crippen molar-refractivity contribution >= 4 is 17.3 Å². The zero-order valence-corrected chi connectivity index (χ0v) is 7.52. The zero-order chi connectivity index (χ0) is 9.84. The highest BCUT2D eigenvalue weighted by Gasteiger charge is 2.03. The number of rotatable bonds is 2. The van der Waals surface area contributed by atoms with E-state index in [0.717, 1.165) is 0 Å². The lowest BCUT2D eigenvalue weighted by molar-refractivity contribution is -0.114. The predicted octanol–water partition coefficient (Wildman–Crippen LogP) is 1.83. The lowest BCUT2D eigenvalue weighted by Gasteiger charge is -2.08. The van der Waals surface area contributed by atoms with Crippen LogP contribution in [0.4, 0.5) is 15.8 Å². The third kappa shape index (κ3) is 2.43. The van der Waals surface area contributed by atoms with Crippen LogP contribution in [0, 0.1) is 5.82 Å². The van der Waals surface area contributed by atoms with E-state index >= 15 is 0 Å². The first-order valence-electron chi connectivity index (χ1n) is 3.88. The Kier molecular flexibility index (Phi) is 2.84. The van der Waals surface area contributed by atoms with Crippen molar-refractivity contribution in [2.75, 3.05) is 17.7 Å². The van der Waals surface area contributed by atoms with E-state index in [0.29, 0.717) is 11.4 Å². The first-order valence-corrected chi connectivity index (χ1v) is 3.88. The van der Waals surface area contributed by atoms with Crippen LogP contribution in [-0.4, -0.2) is 13.0 Å². The Morgan fingerprint density at radius 1 is 1.38 bits per heavy atom. The van der Waals surface area contributed by atoms with Crippen molar-refractivity contribution in [2.45, 2.75) is 6.92 Å². The van der Waals surface area contributed by atoms with Crippen LogP contribution in [0.15, 0.2) is 18.2 Å². The fourth-order valence-corrected chi connectivity index (χ4v) is 1.03. The molecule has 0 unspecified atom stereocenters. The molecule has 3 nitrogen and oxygen atoms in total. The number of hydrogen-bond donors (Lipinski definition) is 2. The minimum Gasteiger partial charge on any atom is -0.386 e. The first-order chi connectivity index (χ1) is 6.13. The van der Waals surface area contributed by atoms with Gasteiger partial charge in [0.15, 0.2) is 0 Å². The van der Waals surface area contributed by atoms with Crippen LogP contribution >= 0.6 is 0 Å². The Morgan fingerprint density at radius 3 is 2.62 bits per heavy atom. The molecule has 0 saturated heterocycles. The summed E-state index contributed by atoms with van der Waals surface area (Å²) < 4.78 is 12.8. The highest BCUT2D eigenvalue weighted by atomic mass is 19.1. The molecule has 13 heavy (non-hydrogen) atoms. The average molecular weight is 182 g/mol. The van der Waals surface area contributed by atoms with Crippen molar-refractivity contribution in [2.24, 2.45) is 0 Å². The lowest BCUT2D eigenvalue weighted by atomic mass is 10.2. The maximum Gasteiger partial charge on any atom is 0.221 e. The Morgan fingerprint density at radius 2 is 2.08 bits per heavy atom. The van der Waals surface area contributed by atoms with Crippen molar-refractivity contribution in [3.05, 3.63) is 24.0 Å². The molecule has 0 aliphatic heterocycles. The topological polar surface area (TPSA) is 41.1 Å². The van der Waals surface area contributed by atoms with Gasteiger partial charge in [0.2, 0.25) is 5.91 Å². The molecule has 0 heterocycles. The van der Waals surface area contributed by atoms with Crippen LogP contribution in [0.1, 0.15) is 6.92 Å². The van der Waals surface area contributed by atoms with Gasteiger partial charge < -0.3 is 10.6 Å². The Labute approximate surface area is 76.0 Å². The summed E-state index contributed by atoms with van der Waals surface area (Å²) in [6.45, 7) is 1.38. The summed E-state index contributed by atoms with van der Waals surface area (Å²) in [4.78, 5) is 10.7. The molecule has 1 aromatic carbocycles. The molecular weight excluding hydrogens is 171 g/mol. The van der Waals surface area contributed by atoms with E-state index in [4.69, 9.17) is 0 Å². The number of anilines is 2. The van der Waals surface area contributed by atoms with Crippen molar-refractivity contribution in [1.29, 1.82) is 0 Å². The highest BCUT2D eigenvalue weighted by Crippen LogP contribution is 2.21. The zero-order valence-electron chi connectivity index (χ0n) is 7.52. The summed E-state index contributed by atoms with van der Waals surface area (Å²) >= 11 is 0. The molecule has 4 heteroatoms. The van der Waals surface area contributed by atoms with Gasteiger partial charge in [-0.25, -0.2) is 4.39 Å². The van der Waals surface area contributed by atoms with Gasteiger partial charge in [-0.05, 0) is 18.2 Å². The Balaban J connectivity index is 3.01. The van der Waals surface area contributed by atoms with Gasteiger partial charge in [-0.2, -0.15) is 0 Å². The lowest BCUT2D eigenvalue weighted by Crippen LogP contribution is -2.08. The molecule has 0 aliphatic carbocycles. The minimum atomic E-state index is -0.372. The summed E-state index contributed by atoms with van der Waals surface area (Å²) in [5.74, 6) is -0.593. The summed E-state index contributed by atoms with van der Waals surface area (Å²) in [6, 6.07) is 4.17. The van der Waals surface area contributed by atoms with E-state index in [1.54, 1.807) is 13.1 Å². The number of amides is 1. The maximum absolute atomic E-state index is 12.8. The van der Waals surface area contributed by atoms with E-state index in [9.17, 15) is 9.18 Å². The molecule has 2 N–H and O–H groups in total. The molecule has 0 bridgehead atoms. The quantitative estimate of drug-likeness (QED) is 0.732. The van der Waals surface area contributed by atoms with Crippen LogP contribution in [0.3, 0.4) is 0 Å². The fourth-order valence-electron chi connectivity index (χ4n) is 1.03. The van der Waals surface area contributed by atoms with Crippen LogP contribution in [0.25, 0.3) is 0 Å². The van der Waals surface area contributed by atoms with E-state index in [-0.39, 0.29) is 11.7 Å².